The van der Waals surface area contributed by atoms with E-state index in [4.69, 9.17) is 9.72 Å². The Labute approximate surface area is 192 Å². The number of H-pyrrole nitrogens is 1. The molecule has 0 aliphatic heterocycles. The summed E-state index contributed by atoms with van der Waals surface area (Å²) < 4.78 is 6.17. The average Bonchev–Trinajstić information content (AvgIpc) is 2.89. The third kappa shape index (κ3) is 4.59. The molecule has 3 heterocycles. The zero-order chi connectivity index (χ0) is 22.5. The predicted molar refractivity (Wildman–Crippen MR) is 129 cm³/mol. The van der Waals surface area contributed by atoms with Gasteiger partial charge in [-0.3, -0.25) is 4.98 Å². The van der Waals surface area contributed by atoms with E-state index in [0.29, 0.717) is 6.61 Å². The monoisotopic (exact) mass is 434 g/mol. The molecule has 3 aromatic heterocycles. The fourth-order valence-electron chi connectivity index (χ4n) is 3.94. The van der Waals surface area contributed by atoms with Gasteiger partial charge in [0.2, 0.25) is 0 Å². The number of pyridine rings is 3. The molecule has 0 radical (unpaired) electrons. The Morgan fingerprint density at radius 3 is 2.36 bits per heavy atom. The first-order chi connectivity index (χ1) is 16.3. The number of benzene rings is 2. The lowest BCUT2D eigenvalue weighted by atomic mass is 9.97. The number of aromatic nitrogens is 3. The van der Waals surface area contributed by atoms with Crippen molar-refractivity contribution in [2.75, 3.05) is 6.61 Å². The summed E-state index contributed by atoms with van der Waals surface area (Å²) in [5, 5.41) is 0.962. The Morgan fingerprint density at radius 1 is 0.818 bits per heavy atom. The first-order valence-electron chi connectivity index (χ1n) is 11.1. The Bertz CT molecular complexity index is 1350. The van der Waals surface area contributed by atoms with Crippen molar-refractivity contribution in [2.45, 2.75) is 13.0 Å². The highest BCUT2D eigenvalue weighted by molar-refractivity contribution is 5.93. The molecule has 5 nitrogen and oxygen atoms in total. The lowest BCUT2D eigenvalue weighted by Gasteiger charge is -2.12. The Morgan fingerprint density at radius 2 is 1.61 bits per heavy atom. The van der Waals surface area contributed by atoms with Gasteiger partial charge in [0, 0.05) is 41.6 Å². The van der Waals surface area contributed by atoms with Crippen LogP contribution in [0.3, 0.4) is 0 Å². The van der Waals surface area contributed by atoms with Gasteiger partial charge in [-0.15, -0.1) is 0 Å². The van der Waals surface area contributed by atoms with E-state index < -0.39 is 0 Å². The summed E-state index contributed by atoms with van der Waals surface area (Å²) in [6, 6.07) is 27.1. The van der Waals surface area contributed by atoms with Crippen molar-refractivity contribution in [1.29, 1.82) is 0 Å². The van der Waals surface area contributed by atoms with Gasteiger partial charge in [-0.25, -0.2) is 4.98 Å². The summed E-state index contributed by atoms with van der Waals surface area (Å²) in [4.78, 5) is 12.4. The van der Waals surface area contributed by atoms with Crippen molar-refractivity contribution < 1.29 is 15.5 Å². The second-order valence-corrected chi connectivity index (χ2v) is 7.89. The number of ether oxygens (including phenoxy) is 1. The predicted octanol–water partition coefficient (Wildman–Crippen LogP) is 4.14. The zero-order valence-electron chi connectivity index (χ0n) is 18.4. The van der Waals surface area contributed by atoms with Gasteiger partial charge in [-0.05, 0) is 29.3 Å². The number of nitrogens with zero attached hydrogens (tertiary/aromatic N) is 2. The summed E-state index contributed by atoms with van der Waals surface area (Å²) >= 11 is 0. The molecule has 0 atom stereocenters. The van der Waals surface area contributed by atoms with Crippen LogP contribution in [0.4, 0.5) is 0 Å². The third-order valence-electron chi connectivity index (χ3n) is 5.74. The minimum Gasteiger partial charge on any atom is -0.444 e. The van der Waals surface area contributed by atoms with E-state index in [9.17, 15) is 0 Å². The lowest BCUT2D eigenvalue weighted by Crippen LogP contribution is -2.47. The molecule has 0 unspecified atom stereocenters. The summed E-state index contributed by atoms with van der Waals surface area (Å²) in [6.07, 6.45) is 6.30. The van der Waals surface area contributed by atoms with Crippen molar-refractivity contribution in [3.63, 3.8) is 0 Å². The minimum atomic E-state index is 0.564. The first-order valence-corrected chi connectivity index (χ1v) is 11.1. The van der Waals surface area contributed by atoms with Gasteiger partial charge in [0.25, 0.3) is 0 Å². The molecular weight excluding hydrogens is 408 g/mol. The van der Waals surface area contributed by atoms with E-state index in [1.165, 1.54) is 11.1 Å². The van der Waals surface area contributed by atoms with Crippen LogP contribution in [0, 0.1) is 0 Å². The molecule has 5 heteroatoms. The van der Waals surface area contributed by atoms with Crippen LogP contribution in [0.15, 0.2) is 97.5 Å². The molecule has 5 aromatic rings. The fraction of sp³-hybridized carbons (Fsp3) is 0.107. The molecule has 5 rings (SSSR count). The van der Waals surface area contributed by atoms with Crippen LogP contribution < -0.4 is 15.5 Å². The number of hydrogen-bond donors (Lipinski definition) is 1. The number of aromatic amines is 1. The molecule has 0 aliphatic rings. The van der Waals surface area contributed by atoms with Gasteiger partial charge in [0.1, 0.15) is 5.39 Å². The van der Waals surface area contributed by atoms with Gasteiger partial charge in [-0.2, -0.15) is 4.98 Å². The minimum absolute atomic E-state index is 0.564. The maximum Gasteiger partial charge on any atom is 0.375 e. The van der Waals surface area contributed by atoms with Gasteiger partial charge in [0.05, 0.1) is 24.4 Å². The van der Waals surface area contributed by atoms with Crippen LogP contribution in [-0.4, -0.2) is 16.6 Å². The molecule has 4 N–H and O–H groups in total. The van der Waals surface area contributed by atoms with Crippen molar-refractivity contribution in [1.82, 2.24) is 9.97 Å². The lowest BCUT2D eigenvalue weighted by molar-refractivity contribution is -0.392. The Hall–Kier alpha value is -4.09. The number of hydrogen-bond acceptors (Lipinski definition) is 3. The number of rotatable bonds is 7. The molecule has 2 aromatic carbocycles. The number of fused-ring (bicyclic) bond motifs is 1. The smallest absolute Gasteiger partial charge is 0.375 e. The highest BCUT2D eigenvalue weighted by Gasteiger charge is 2.17. The maximum absolute atomic E-state index is 6.17. The van der Waals surface area contributed by atoms with Crippen molar-refractivity contribution in [3.8, 4) is 28.3 Å². The van der Waals surface area contributed by atoms with Gasteiger partial charge >= 0.3 is 5.88 Å². The summed E-state index contributed by atoms with van der Waals surface area (Å²) in [7, 11) is 0. The summed E-state index contributed by atoms with van der Waals surface area (Å²) in [5.74, 6) is 0.727. The van der Waals surface area contributed by atoms with Gasteiger partial charge < -0.3 is 10.5 Å². The fourth-order valence-corrected chi connectivity index (χ4v) is 3.94. The zero-order valence-corrected chi connectivity index (χ0v) is 18.4. The molecule has 0 amide bonds. The highest BCUT2D eigenvalue weighted by Crippen LogP contribution is 2.35. The number of nitrogens with one attached hydrogen (secondary N) is 1. The molecule has 0 fully saturated rings. The van der Waals surface area contributed by atoms with Gasteiger partial charge in [-0.1, -0.05) is 54.6 Å². The Kier molecular flexibility index (Phi) is 6.04. The molecule has 162 valence electrons. The first kappa shape index (κ1) is 20.8. The largest absolute Gasteiger partial charge is 0.444 e. The molecule has 0 saturated heterocycles. The highest BCUT2D eigenvalue weighted by atomic mass is 16.5. The van der Waals surface area contributed by atoms with Crippen molar-refractivity contribution >= 4 is 10.9 Å². The van der Waals surface area contributed by atoms with Gasteiger partial charge in [0.15, 0.2) is 6.20 Å². The quantitative estimate of drug-likeness (QED) is 0.418. The molecule has 0 aliphatic carbocycles. The van der Waals surface area contributed by atoms with Crippen LogP contribution in [0.2, 0.25) is 0 Å². The van der Waals surface area contributed by atoms with Crippen LogP contribution in [-0.2, 0) is 13.0 Å². The second-order valence-electron chi connectivity index (χ2n) is 7.89. The van der Waals surface area contributed by atoms with Crippen molar-refractivity contribution in [3.05, 3.63) is 109 Å². The van der Waals surface area contributed by atoms with E-state index in [1.54, 1.807) is 12.4 Å². The van der Waals surface area contributed by atoms with E-state index in [1.807, 2.05) is 30.5 Å². The maximum atomic E-state index is 6.17. The van der Waals surface area contributed by atoms with E-state index in [0.717, 1.165) is 52.1 Å². The molecule has 0 saturated carbocycles. The normalized spacial score (nSPS) is 10.9. The topological polar surface area (TPSA) is 76.8 Å². The molecule has 0 bridgehead atoms. The third-order valence-corrected chi connectivity index (χ3v) is 5.74. The van der Waals surface area contributed by atoms with Crippen LogP contribution in [0.5, 0.6) is 5.88 Å². The van der Waals surface area contributed by atoms with E-state index >= 15 is 0 Å². The van der Waals surface area contributed by atoms with E-state index in [2.05, 4.69) is 70.3 Å². The van der Waals surface area contributed by atoms with Crippen LogP contribution in [0.1, 0.15) is 11.1 Å². The second kappa shape index (κ2) is 9.59. The average molecular weight is 435 g/mol. The van der Waals surface area contributed by atoms with Crippen molar-refractivity contribution in [2.24, 2.45) is 0 Å². The summed E-state index contributed by atoms with van der Waals surface area (Å²) in [5.41, 5.74) is 11.5. The van der Waals surface area contributed by atoms with Crippen LogP contribution in [0.25, 0.3) is 33.3 Å². The molecular formula is C28H26N4O+2. The van der Waals surface area contributed by atoms with Crippen LogP contribution >= 0.6 is 0 Å². The SMILES string of the molecule is [NH3+]Cc1ccc(-c2nc3cc[nH+]c(OCCc4ccncc4)c3cc2-c2ccccc2)cc1. The standard InChI is InChI=1S/C28H24N4O/c29-19-21-6-8-23(9-7-21)27-24(22-4-2-1-3-5-22)18-25-26(32-27)12-16-31-28(25)33-17-13-20-10-14-30-15-11-20/h1-12,14-16,18H,13,17,19,29H2/p+2. The Balaban J connectivity index is 1.56. The number of quaternary nitrogens is 1. The molecule has 0 spiro atoms. The van der Waals surface area contributed by atoms with E-state index in [-0.39, 0.29) is 0 Å². The molecule has 33 heavy (non-hydrogen) atoms. The summed E-state index contributed by atoms with van der Waals surface area (Å²) in [6.45, 7) is 1.33.